The number of thioether (sulfide) groups is 1. The van der Waals surface area contributed by atoms with Crippen LogP contribution in [0.3, 0.4) is 0 Å². The first kappa shape index (κ1) is 19.8. The lowest BCUT2D eigenvalue weighted by Crippen LogP contribution is -2.36. The quantitative estimate of drug-likeness (QED) is 0.552. The Morgan fingerprint density at radius 3 is 2.68 bits per heavy atom. The summed E-state index contributed by atoms with van der Waals surface area (Å²) in [6.45, 7) is 5.48. The minimum absolute atomic E-state index is 0.00649. The molecule has 2 fully saturated rings. The normalized spacial score (nSPS) is 27.8. The highest BCUT2D eigenvalue weighted by Gasteiger charge is 2.42. The average Bonchev–Trinajstić information content (AvgIpc) is 3.29. The third-order valence-corrected chi connectivity index (χ3v) is 6.49. The van der Waals surface area contributed by atoms with Crippen LogP contribution in [-0.4, -0.2) is 67.0 Å². The second kappa shape index (κ2) is 8.86. The summed E-state index contributed by atoms with van der Waals surface area (Å²) in [6, 6.07) is -0.00649. The Kier molecular flexibility index (Phi) is 6.25. The highest BCUT2D eigenvalue weighted by molar-refractivity contribution is 7.99. The first-order valence-corrected chi connectivity index (χ1v) is 10.9. The molecule has 0 spiro atoms. The molecule has 152 valence electrons. The minimum atomic E-state index is -0.382. The summed E-state index contributed by atoms with van der Waals surface area (Å²) in [4.78, 5) is 11.3. The van der Waals surface area contributed by atoms with Gasteiger partial charge in [0, 0.05) is 44.7 Å². The lowest BCUT2D eigenvalue weighted by Gasteiger charge is -2.35. The van der Waals surface area contributed by atoms with Crippen molar-refractivity contribution in [1.82, 2.24) is 29.9 Å². The summed E-state index contributed by atoms with van der Waals surface area (Å²) in [5, 5.41) is 19.9. The van der Waals surface area contributed by atoms with Gasteiger partial charge in [0.15, 0.2) is 5.16 Å². The maximum absolute atomic E-state index is 10.7. The van der Waals surface area contributed by atoms with Crippen molar-refractivity contribution in [3.8, 4) is 0 Å². The first-order chi connectivity index (χ1) is 13.7. The number of hydrogen-bond acceptors (Lipinski definition) is 8. The number of aromatic nitrogens is 5. The third kappa shape index (κ3) is 4.37. The topological polar surface area (TPSA) is 89.2 Å². The number of fused-ring (bicyclic) bond motifs is 1. The van der Waals surface area contributed by atoms with Crippen LogP contribution in [0.15, 0.2) is 23.7 Å². The molecular weight excluding hydrogens is 376 g/mol. The molecule has 4 atom stereocenters. The lowest BCUT2D eigenvalue weighted by atomic mass is 9.77. The molecule has 3 heterocycles. The van der Waals surface area contributed by atoms with Crippen molar-refractivity contribution in [2.24, 2.45) is 11.8 Å². The van der Waals surface area contributed by atoms with Crippen molar-refractivity contribution in [3.05, 3.63) is 29.8 Å². The zero-order chi connectivity index (χ0) is 19.5. The highest BCUT2D eigenvalue weighted by Crippen LogP contribution is 2.41. The second-order valence-corrected chi connectivity index (χ2v) is 8.98. The summed E-state index contributed by atoms with van der Waals surface area (Å²) < 4.78 is 6.95. The molecule has 2 aromatic rings. The van der Waals surface area contributed by atoms with E-state index in [9.17, 15) is 5.11 Å². The van der Waals surface area contributed by atoms with E-state index in [0.29, 0.717) is 18.4 Å². The van der Waals surface area contributed by atoms with Crippen LogP contribution in [0.4, 0.5) is 0 Å². The van der Waals surface area contributed by atoms with E-state index < -0.39 is 0 Å². The molecule has 0 radical (unpaired) electrons. The molecule has 0 bridgehead atoms. The Labute approximate surface area is 169 Å². The van der Waals surface area contributed by atoms with E-state index in [-0.39, 0.29) is 12.1 Å². The van der Waals surface area contributed by atoms with E-state index >= 15 is 0 Å². The van der Waals surface area contributed by atoms with E-state index in [4.69, 9.17) is 4.74 Å². The molecule has 0 amide bonds. The number of likely N-dealkylation sites (tertiary alicyclic amines) is 1. The van der Waals surface area contributed by atoms with Gasteiger partial charge in [0.25, 0.3) is 0 Å². The first-order valence-electron chi connectivity index (χ1n) is 9.90. The number of rotatable bonds is 7. The largest absolute Gasteiger partial charge is 0.391 e. The second-order valence-electron chi connectivity index (χ2n) is 7.75. The fraction of sp³-hybridized carbons (Fsp3) is 0.684. The molecule has 8 nitrogen and oxygen atoms in total. The smallest absolute Gasteiger partial charge is 0.187 e. The molecule has 2 aliphatic rings. The molecule has 28 heavy (non-hydrogen) atoms. The van der Waals surface area contributed by atoms with Crippen molar-refractivity contribution in [2.75, 3.05) is 26.0 Å². The van der Waals surface area contributed by atoms with Crippen LogP contribution in [0.2, 0.25) is 0 Å². The van der Waals surface area contributed by atoms with Crippen LogP contribution >= 0.6 is 11.8 Å². The van der Waals surface area contributed by atoms with Crippen LogP contribution < -0.4 is 0 Å². The average molecular weight is 405 g/mol. The van der Waals surface area contributed by atoms with Crippen molar-refractivity contribution in [1.29, 1.82) is 0 Å². The van der Waals surface area contributed by atoms with E-state index in [1.165, 1.54) is 0 Å². The van der Waals surface area contributed by atoms with E-state index in [0.717, 1.165) is 54.6 Å². The summed E-state index contributed by atoms with van der Waals surface area (Å²) in [6.07, 6.45) is 7.15. The molecular formula is C19H28N6O2S. The van der Waals surface area contributed by atoms with Crippen LogP contribution in [0.1, 0.15) is 37.1 Å². The molecule has 0 aromatic carbocycles. The predicted molar refractivity (Wildman–Crippen MR) is 106 cm³/mol. The Morgan fingerprint density at radius 2 is 1.96 bits per heavy atom. The van der Waals surface area contributed by atoms with Crippen molar-refractivity contribution < 1.29 is 9.84 Å². The van der Waals surface area contributed by atoms with Gasteiger partial charge in [0.1, 0.15) is 5.69 Å². The Morgan fingerprint density at radius 1 is 1.21 bits per heavy atom. The van der Waals surface area contributed by atoms with Crippen LogP contribution in [0.5, 0.6) is 0 Å². The molecule has 9 heteroatoms. The summed E-state index contributed by atoms with van der Waals surface area (Å²) >= 11 is 1.66. The van der Waals surface area contributed by atoms with Gasteiger partial charge in [-0.25, -0.2) is 14.6 Å². The van der Waals surface area contributed by atoms with Crippen molar-refractivity contribution in [2.45, 2.75) is 50.2 Å². The molecule has 1 saturated carbocycles. The van der Waals surface area contributed by atoms with Gasteiger partial charge in [-0.15, -0.1) is 5.10 Å². The molecule has 1 N–H and O–H groups in total. The predicted octanol–water partition coefficient (Wildman–Crippen LogP) is 1.77. The Bertz CT molecular complexity index is 770. The van der Waals surface area contributed by atoms with Gasteiger partial charge in [-0.2, -0.15) is 0 Å². The van der Waals surface area contributed by atoms with E-state index in [1.54, 1.807) is 18.9 Å². The van der Waals surface area contributed by atoms with Gasteiger partial charge in [0.2, 0.25) is 0 Å². The number of ether oxygens (including phenoxy) is 1. The molecule has 1 saturated heterocycles. The zero-order valence-corrected chi connectivity index (χ0v) is 17.3. The monoisotopic (exact) mass is 404 g/mol. The molecule has 2 aromatic heterocycles. The lowest BCUT2D eigenvalue weighted by molar-refractivity contribution is 0.0298. The number of aliphatic hydroxyl groups is 1. The van der Waals surface area contributed by atoms with Gasteiger partial charge >= 0.3 is 0 Å². The van der Waals surface area contributed by atoms with Gasteiger partial charge in [-0.3, -0.25) is 4.90 Å². The van der Waals surface area contributed by atoms with Gasteiger partial charge in [-0.05, 0) is 30.4 Å². The molecule has 1 aliphatic heterocycles. The van der Waals surface area contributed by atoms with Crippen molar-refractivity contribution in [3.63, 3.8) is 0 Å². The summed E-state index contributed by atoms with van der Waals surface area (Å²) in [5.41, 5.74) is 1.95. The molecule has 4 rings (SSSR count). The van der Waals surface area contributed by atoms with Crippen LogP contribution in [0, 0.1) is 11.8 Å². The van der Waals surface area contributed by atoms with Gasteiger partial charge in [0.05, 0.1) is 24.9 Å². The maximum Gasteiger partial charge on any atom is 0.187 e. The fourth-order valence-corrected chi connectivity index (χ4v) is 5.01. The number of aliphatic hydroxyl groups excluding tert-OH is 1. The highest BCUT2D eigenvalue weighted by atomic mass is 32.2. The number of methoxy groups -OCH3 is 1. The van der Waals surface area contributed by atoms with Gasteiger partial charge < -0.3 is 9.84 Å². The Hall–Kier alpha value is -1.55. The SMILES string of the molecule is CCSc1ncc(CN2C[C@H]3C[C@@H](n4cc(COC)nn4)[C@H](O)C[C@H]3C2)cn1. The fourth-order valence-electron chi connectivity index (χ4n) is 4.49. The van der Waals surface area contributed by atoms with Crippen LogP contribution in [0.25, 0.3) is 0 Å². The van der Waals surface area contributed by atoms with E-state index in [2.05, 4.69) is 32.1 Å². The summed E-state index contributed by atoms with van der Waals surface area (Å²) in [5.74, 6) is 2.08. The van der Waals surface area contributed by atoms with Crippen LogP contribution in [-0.2, 0) is 17.9 Å². The third-order valence-electron chi connectivity index (χ3n) is 5.74. The zero-order valence-electron chi connectivity index (χ0n) is 16.4. The minimum Gasteiger partial charge on any atom is -0.391 e. The van der Waals surface area contributed by atoms with E-state index in [1.807, 2.05) is 23.3 Å². The number of hydrogen-bond donors (Lipinski definition) is 1. The van der Waals surface area contributed by atoms with Gasteiger partial charge in [-0.1, -0.05) is 23.9 Å². The number of nitrogens with zero attached hydrogens (tertiary/aromatic N) is 6. The maximum atomic E-state index is 10.7. The molecule has 0 unspecified atom stereocenters. The molecule has 1 aliphatic carbocycles. The Balaban J connectivity index is 1.37. The summed E-state index contributed by atoms with van der Waals surface area (Å²) in [7, 11) is 1.65. The standard InChI is InChI=1S/C19H28N6O2S/c1-3-28-19-20-6-13(7-21-19)8-24-9-14-4-17(18(26)5-15(14)10-24)25-11-16(12-27-2)22-23-25/h6-7,11,14-15,17-18,26H,3-5,8-10,12H2,1-2H3/t14-,15+,17-,18-/m1/s1. The van der Waals surface area contributed by atoms with Crippen molar-refractivity contribution >= 4 is 11.8 Å².